The van der Waals surface area contributed by atoms with Gasteiger partial charge in [-0.05, 0) is 43.3 Å². The van der Waals surface area contributed by atoms with Gasteiger partial charge in [0.1, 0.15) is 5.75 Å². The maximum Gasteiger partial charge on any atom is 0.265 e. The van der Waals surface area contributed by atoms with Crippen molar-refractivity contribution in [2.75, 3.05) is 5.32 Å². The Morgan fingerprint density at radius 1 is 1.29 bits per heavy atom. The number of hydrogen-bond acceptors (Lipinski definition) is 6. The van der Waals surface area contributed by atoms with E-state index >= 15 is 0 Å². The molecule has 1 N–H and O–H groups in total. The number of halogens is 1. The molecule has 3 aromatic rings. The number of carbonyl (C=O) groups is 1. The third-order valence-electron chi connectivity index (χ3n) is 3.16. The number of amides is 1. The molecule has 2 aromatic heterocycles. The van der Waals surface area contributed by atoms with Crippen LogP contribution in [0.4, 0.5) is 5.69 Å². The summed E-state index contributed by atoms with van der Waals surface area (Å²) in [7, 11) is 0. The van der Waals surface area contributed by atoms with Gasteiger partial charge >= 0.3 is 0 Å². The summed E-state index contributed by atoms with van der Waals surface area (Å²) >= 11 is 5.91. The molecule has 0 bridgehead atoms. The highest BCUT2D eigenvalue weighted by molar-refractivity contribution is 6.32. The molecule has 8 heteroatoms. The monoisotopic (exact) mass is 344 g/mol. The van der Waals surface area contributed by atoms with E-state index in [-0.39, 0.29) is 11.1 Å². The number of rotatable bonds is 5. The van der Waals surface area contributed by atoms with E-state index in [2.05, 4.69) is 20.5 Å². The fourth-order valence-electron chi connectivity index (χ4n) is 1.95. The van der Waals surface area contributed by atoms with Gasteiger partial charge in [-0.15, -0.1) is 10.2 Å². The Labute approximate surface area is 142 Å². The van der Waals surface area contributed by atoms with Gasteiger partial charge in [0.15, 0.2) is 11.3 Å². The molecule has 0 aliphatic carbocycles. The van der Waals surface area contributed by atoms with Crippen molar-refractivity contribution in [1.29, 1.82) is 0 Å². The first-order valence-corrected chi connectivity index (χ1v) is 7.46. The van der Waals surface area contributed by atoms with Crippen molar-refractivity contribution in [3.05, 3.63) is 54.1 Å². The minimum absolute atomic E-state index is 0.224. The number of ether oxygens (including phenoxy) is 1. The van der Waals surface area contributed by atoms with Crippen molar-refractivity contribution in [3.8, 4) is 17.2 Å². The average molecular weight is 345 g/mol. The number of benzene rings is 1. The minimum Gasteiger partial charge on any atom is -0.481 e. The van der Waals surface area contributed by atoms with Gasteiger partial charge in [0.05, 0.1) is 5.69 Å². The van der Waals surface area contributed by atoms with Crippen LogP contribution >= 0.6 is 11.6 Å². The third kappa shape index (κ3) is 3.69. The third-order valence-corrected chi connectivity index (χ3v) is 3.46. The Hall–Kier alpha value is -2.93. The van der Waals surface area contributed by atoms with Gasteiger partial charge in [0.2, 0.25) is 12.3 Å². The second-order valence-electron chi connectivity index (χ2n) is 4.86. The average Bonchev–Trinajstić information content (AvgIpc) is 3.12. The van der Waals surface area contributed by atoms with Crippen LogP contribution in [0.3, 0.4) is 0 Å². The Balaban J connectivity index is 1.63. The highest BCUT2D eigenvalue weighted by Gasteiger charge is 2.16. The van der Waals surface area contributed by atoms with E-state index < -0.39 is 6.10 Å². The van der Waals surface area contributed by atoms with Crippen molar-refractivity contribution < 1.29 is 13.9 Å². The SMILES string of the molecule is C[C@@H](Oc1ccc(-c2nnco2)cc1)C(=O)Nc1cccnc1Cl. The lowest BCUT2D eigenvalue weighted by Gasteiger charge is -2.15. The highest BCUT2D eigenvalue weighted by Crippen LogP contribution is 2.22. The van der Waals surface area contributed by atoms with Gasteiger partial charge in [0.25, 0.3) is 5.91 Å². The molecule has 0 radical (unpaired) electrons. The summed E-state index contributed by atoms with van der Waals surface area (Å²) in [5.74, 6) is 0.627. The summed E-state index contributed by atoms with van der Waals surface area (Å²) in [5.41, 5.74) is 1.20. The number of hydrogen-bond donors (Lipinski definition) is 1. The normalized spacial score (nSPS) is 11.8. The van der Waals surface area contributed by atoms with Crippen LogP contribution in [0.25, 0.3) is 11.5 Å². The van der Waals surface area contributed by atoms with Crippen molar-refractivity contribution in [2.24, 2.45) is 0 Å². The molecule has 0 saturated heterocycles. The van der Waals surface area contributed by atoms with Gasteiger partial charge in [-0.3, -0.25) is 4.79 Å². The molecule has 1 amide bonds. The first-order valence-electron chi connectivity index (χ1n) is 7.08. The standard InChI is InChI=1S/C16H13ClN4O3/c1-10(15(22)20-13-3-2-8-18-14(13)17)24-12-6-4-11(5-7-12)16-21-19-9-23-16/h2-10H,1H3,(H,20,22)/t10-/m1/s1. The Kier molecular flexibility index (Phi) is 4.72. The lowest BCUT2D eigenvalue weighted by atomic mass is 10.2. The van der Waals surface area contributed by atoms with Crippen molar-refractivity contribution in [1.82, 2.24) is 15.2 Å². The summed E-state index contributed by atoms with van der Waals surface area (Å²) in [5, 5.41) is 10.3. The predicted octanol–water partition coefficient (Wildman–Crippen LogP) is 3.19. The van der Waals surface area contributed by atoms with Crippen molar-refractivity contribution in [2.45, 2.75) is 13.0 Å². The molecule has 0 saturated carbocycles. The quantitative estimate of drug-likeness (QED) is 0.715. The fourth-order valence-corrected chi connectivity index (χ4v) is 2.11. The van der Waals surface area contributed by atoms with E-state index in [0.717, 1.165) is 5.56 Å². The van der Waals surface area contributed by atoms with Gasteiger partial charge in [-0.2, -0.15) is 0 Å². The van der Waals surface area contributed by atoms with Crippen LogP contribution < -0.4 is 10.1 Å². The van der Waals surface area contributed by atoms with Crippen LogP contribution in [0.5, 0.6) is 5.75 Å². The number of pyridine rings is 1. The minimum atomic E-state index is -0.712. The number of carbonyl (C=O) groups excluding carboxylic acids is 1. The molecular weight excluding hydrogens is 332 g/mol. The number of anilines is 1. The topological polar surface area (TPSA) is 90.1 Å². The molecule has 0 fully saturated rings. The second-order valence-corrected chi connectivity index (χ2v) is 5.22. The zero-order chi connectivity index (χ0) is 16.9. The molecule has 2 heterocycles. The number of aromatic nitrogens is 3. The van der Waals surface area contributed by atoms with E-state index in [1.165, 1.54) is 6.39 Å². The van der Waals surface area contributed by atoms with E-state index in [4.69, 9.17) is 20.8 Å². The first kappa shape index (κ1) is 15.9. The van der Waals surface area contributed by atoms with Crippen molar-refractivity contribution >= 4 is 23.2 Å². The molecule has 122 valence electrons. The van der Waals surface area contributed by atoms with Crippen LogP contribution in [0.15, 0.2) is 53.4 Å². The molecular formula is C16H13ClN4O3. The van der Waals surface area contributed by atoms with Crippen LogP contribution in [0.2, 0.25) is 5.15 Å². The Morgan fingerprint density at radius 2 is 2.08 bits per heavy atom. The molecule has 1 atom stereocenters. The first-order chi connectivity index (χ1) is 11.6. The van der Waals surface area contributed by atoms with Gasteiger partial charge in [0, 0.05) is 11.8 Å². The molecule has 3 rings (SSSR count). The number of nitrogens with one attached hydrogen (secondary N) is 1. The van der Waals surface area contributed by atoms with Gasteiger partial charge in [-0.1, -0.05) is 11.6 Å². The summed E-state index contributed by atoms with van der Waals surface area (Å²) in [6.45, 7) is 1.64. The van der Waals surface area contributed by atoms with E-state index in [1.807, 2.05) is 0 Å². The van der Waals surface area contributed by atoms with Crippen LogP contribution in [0.1, 0.15) is 6.92 Å². The Bertz CT molecular complexity index is 822. The number of nitrogens with zero attached hydrogens (tertiary/aromatic N) is 3. The molecule has 0 unspecified atom stereocenters. The molecule has 24 heavy (non-hydrogen) atoms. The summed E-state index contributed by atoms with van der Waals surface area (Å²) in [4.78, 5) is 16.1. The lowest BCUT2D eigenvalue weighted by Crippen LogP contribution is -2.30. The van der Waals surface area contributed by atoms with E-state index in [9.17, 15) is 4.79 Å². The van der Waals surface area contributed by atoms with E-state index in [1.54, 1.807) is 49.5 Å². The largest absolute Gasteiger partial charge is 0.481 e. The Morgan fingerprint density at radius 3 is 2.75 bits per heavy atom. The van der Waals surface area contributed by atoms with Crippen LogP contribution in [-0.2, 0) is 4.79 Å². The molecule has 7 nitrogen and oxygen atoms in total. The van der Waals surface area contributed by atoms with E-state index in [0.29, 0.717) is 17.3 Å². The fraction of sp³-hybridized carbons (Fsp3) is 0.125. The smallest absolute Gasteiger partial charge is 0.265 e. The lowest BCUT2D eigenvalue weighted by molar-refractivity contribution is -0.122. The zero-order valence-electron chi connectivity index (χ0n) is 12.6. The molecule has 0 aliphatic rings. The maximum atomic E-state index is 12.2. The maximum absolute atomic E-state index is 12.2. The summed E-state index contributed by atoms with van der Waals surface area (Å²) in [6.07, 6.45) is 2.09. The molecule has 0 spiro atoms. The predicted molar refractivity (Wildman–Crippen MR) is 87.7 cm³/mol. The molecule has 0 aliphatic heterocycles. The molecule has 1 aromatic carbocycles. The summed E-state index contributed by atoms with van der Waals surface area (Å²) in [6, 6.07) is 10.3. The highest BCUT2D eigenvalue weighted by atomic mass is 35.5. The second kappa shape index (κ2) is 7.10. The van der Waals surface area contributed by atoms with Crippen molar-refractivity contribution in [3.63, 3.8) is 0 Å². The van der Waals surface area contributed by atoms with Gasteiger partial charge < -0.3 is 14.5 Å². The van der Waals surface area contributed by atoms with Crippen LogP contribution in [0, 0.1) is 0 Å². The van der Waals surface area contributed by atoms with Crippen LogP contribution in [-0.4, -0.2) is 27.2 Å². The van der Waals surface area contributed by atoms with Gasteiger partial charge in [-0.25, -0.2) is 4.98 Å². The zero-order valence-corrected chi connectivity index (χ0v) is 13.4. The summed E-state index contributed by atoms with van der Waals surface area (Å²) < 4.78 is 10.7.